The molecule has 142 valence electrons. The summed E-state index contributed by atoms with van der Waals surface area (Å²) >= 11 is 0. The normalized spacial score (nSPS) is 11.1. The number of hydrogen-bond acceptors (Lipinski definition) is 5. The van der Waals surface area contributed by atoms with Crippen LogP contribution in [0.15, 0.2) is 39.8 Å². The minimum absolute atomic E-state index is 0.167. The highest BCUT2D eigenvalue weighted by Crippen LogP contribution is 2.27. The molecule has 2 heterocycles. The number of hydrogen-bond donors (Lipinski definition) is 1. The maximum Gasteiger partial charge on any atom is 0.265 e. The molecule has 0 bridgehead atoms. The molecule has 27 heavy (non-hydrogen) atoms. The molecular weight excluding hydrogens is 346 g/mol. The molecule has 2 aromatic heterocycles. The van der Waals surface area contributed by atoms with Gasteiger partial charge in [-0.3, -0.25) is 14.2 Å². The third-order valence-corrected chi connectivity index (χ3v) is 4.08. The van der Waals surface area contributed by atoms with Gasteiger partial charge in [-0.25, -0.2) is 4.98 Å². The highest BCUT2D eigenvalue weighted by molar-refractivity contribution is 6.13. The molecular formula is C20H23N3O4. The van der Waals surface area contributed by atoms with Crippen LogP contribution in [-0.2, 0) is 6.54 Å². The van der Waals surface area contributed by atoms with E-state index in [1.807, 2.05) is 26.8 Å². The van der Waals surface area contributed by atoms with Gasteiger partial charge >= 0.3 is 0 Å². The van der Waals surface area contributed by atoms with Crippen LogP contribution in [0.4, 0.5) is 5.69 Å². The minimum atomic E-state index is -0.431. The fraction of sp³-hybridized carbons (Fsp3) is 0.350. The van der Waals surface area contributed by atoms with E-state index in [2.05, 4.69) is 10.3 Å². The second-order valence-corrected chi connectivity index (χ2v) is 6.69. The summed E-state index contributed by atoms with van der Waals surface area (Å²) in [6.45, 7) is 8.53. The van der Waals surface area contributed by atoms with Crippen molar-refractivity contribution in [1.82, 2.24) is 9.55 Å². The number of ether oxygens (including phenoxy) is 1. The molecule has 0 fully saturated rings. The standard InChI is InChI=1S/C20H23N3O4/c1-5-26-15-9-7-6-8-14(15)22-18(24)16-13(4)27-19-17(16)20(25)23(11-21-19)10-12(2)3/h6-9,11-12H,5,10H2,1-4H3,(H,22,24). The van der Waals surface area contributed by atoms with E-state index >= 15 is 0 Å². The van der Waals surface area contributed by atoms with Crippen LogP contribution in [0.25, 0.3) is 11.1 Å². The minimum Gasteiger partial charge on any atom is -0.492 e. The number of aryl methyl sites for hydroxylation is 1. The van der Waals surface area contributed by atoms with E-state index in [9.17, 15) is 9.59 Å². The van der Waals surface area contributed by atoms with Crippen LogP contribution in [0, 0.1) is 12.8 Å². The number of anilines is 1. The molecule has 7 nitrogen and oxygen atoms in total. The first kappa shape index (κ1) is 18.7. The Morgan fingerprint density at radius 2 is 2.07 bits per heavy atom. The molecule has 0 saturated carbocycles. The number of para-hydroxylation sites is 2. The zero-order chi connectivity index (χ0) is 19.6. The van der Waals surface area contributed by atoms with E-state index in [0.29, 0.717) is 30.3 Å². The Bertz CT molecular complexity index is 1030. The SMILES string of the molecule is CCOc1ccccc1NC(=O)c1c(C)oc2ncn(CC(C)C)c(=O)c12. The van der Waals surface area contributed by atoms with Gasteiger partial charge in [-0.05, 0) is 31.9 Å². The molecule has 0 aliphatic carbocycles. The molecule has 3 aromatic rings. The monoisotopic (exact) mass is 369 g/mol. The molecule has 0 atom stereocenters. The number of fused-ring (bicyclic) bond motifs is 1. The van der Waals surface area contributed by atoms with Crippen molar-refractivity contribution in [2.45, 2.75) is 34.2 Å². The van der Waals surface area contributed by atoms with Crippen molar-refractivity contribution in [3.63, 3.8) is 0 Å². The topological polar surface area (TPSA) is 86.4 Å². The summed E-state index contributed by atoms with van der Waals surface area (Å²) in [5.74, 6) is 0.752. The molecule has 0 unspecified atom stereocenters. The molecule has 7 heteroatoms. The van der Waals surface area contributed by atoms with Gasteiger partial charge in [0, 0.05) is 6.54 Å². The highest BCUT2D eigenvalue weighted by atomic mass is 16.5. The van der Waals surface area contributed by atoms with Gasteiger partial charge in [0.05, 0.1) is 17.9 Å². The Morgan fingerprint density at radius 1 is 1.33 bits per heavy atom. The van der Waals surface area contributed by atoms with Gasteiger partial charge in [0.2, 0.25) is 5.71 Å². The zero-order valence-electron chi connectivity index (χ0n) is 15.9. The molecule has 0 radical (unpaired) electrons. The van der Waals surface area contributed by atoms with Crippen molar-refractivity contribution in [2.24, 2.45) is 5.92 Å². The van der Waals surface area contributed by atoms with Gasteiger partial charge in [-0.15, -0.1) is 0 Å². The van der Waals surface area contributed by atoms with Crippen LogP contribution in [0.1, 0.15) is 36.9 Å². The number of carbonyl (C=O) groups excluding carboxylic acids is 1. The maximum absolute atomic E-state index is 12.9. The fourth-order valence-corrected chi connectivity index (χ4v) is 2.97. The Morgan fingerprint density at radius 3 is 2.78 bits per heavy atom. The van der Waals surface area contributed by atoms with Gasteiger partial charge in [0.1, 0.15) is 23.2 Å². The highest BCUT2D eigenvalue weighted by Gasteiger charge is 2.23. The van der Waals surface area contributed by atoms with E-state index in [1.165, 1.54) is 10.9 Å². The quantitative estimate of drug-likeness (QED) is 0.717. The van der Waals surface area contributed by atoms with Crippen LogP contribution in [-0.4, -0.2) is 22.1 Å². The summed E-state index contributed by atoms with van der Waals surface area (Å²) in [5, 5.41) is 3.01. The van der Waals surface area contributed by atoms with Crippen molar-refractivity contribution < 1.29 is 13.9 Å². The number of nitrogens with zero attached hydrogens (tertiary/aromatic N) is 2. The molecule has 0 aliphatic rings. The van der Waals surface area contributed by atoms with Gasteiger partial charge in [-0.2, -0.15) is 0 Å². The van der Waals surface area contributed by atoms with E-state index in [0.717, 1.165) is 0 Å². The van der Waals surface area contributed by atoms with Crippen molar-refractivity contribution in [1.29, 1.82) is 0 Å². The third-order valence-electron chi connectivity index (χ3n) is 4.08. The second kappa shape index (κ2) is 7.65. The van der Waals surface area contributed by atoms with Crippen LogP contribution in [0.3, 0.4) is 0 Å². The van der Waals surface area contributed by atoms with Gasteiger partial charge in [0.25, 0.3) is 11.5 Å². The van der Waals surface area contributed by atoms with Crippen molar-refractivity contribution >= 4 is 22.7 Å². The smallest absolute Gasteiger partial charge is 0.265 e. The summed E-state index contributed by atoms with van der Waals surface area (Å²) in [4.78, 5) is 30.0. The van der Waals surface area contributed by atoms with E-state index in [1.54, 1.807) is 25.1 Å². The lowest BCUT2D eigenvalue weighted by molar-refractivity contribution is 0.102. The first-order valence-electron chi connectivity index (χ1n) is 8.94. The van der Waals surface area contributed by atoms with Crippen LogP contribution in [0.2, 0.25) is 0 Å². The third kappa shape index (κ3) is 3.72. The largest absolute Gasteiger partial charge is 0.492 e. The van der Waals surface area contributed by atoms with E-state index in [4.69, 9.17) is 9.15 Å². The molecule has 1 aromatic carbocycles. The Labute approximate surface area is 157 Å². The number of benzene rings is 1. The molecule has 1 N–H and O–H groups in total. The summed E-state index contributed by atoms with van der Waals surface area (Å²) in [6, 6.07) is 7.15. The summed E-state index contributed by atoms with van der Waals surface area (Å²) in [7, 11) is 0. The average molecular weight is 369 g/mol. The number of aromatic nitrogens is 2. The van der Waals surface area contributed by atoms with E-state index in [-0.39, 0.29) is 28.1 Å². The predicted molar refractivity (Wildman–Crippen MR) is 103 cm³/mol. The molecule has 0 spiro atoms. The Balaban J connectivity index is 2.05. The Hall–Kier alpha value is -3.09. The van der Waals surface area contributed by atoms with Crippen molar-refractivity contribution in [3.05, 3.63) is 52.3 Å². The first-order valence-corrected chi connectivity index (χ1v) is 8.94. The number of rotatable bonds is 6. The lowest BCUT2D eigenvalue weighted by Crippen LogP contribution is -2.24. The molecule has 1 amide bonds. The van der Waals surface area contributed by atoms with Gasteiger partial charge in [0.15, 0.2) is 0 Å². The second-order valence-electron chi connectivity index (χ2n) is 6.69. The summed E-state index contributed by atoms with van der Waals surface area (Å²) < 4.78 is 12.6. The molecule has 0 saturated heterocycles. The summed E-state index contributed by atoms with van der Waals surface area (Å²) in [5.41, 5.74) is 0.617. The van der Waals surface area contributed by atoms with Gasteiger partial charge in [-0.1, -0.05) is 26.0 Å². The average Bonchev–Trinajstić information content (AvgIpc) is 2.96. The van der Waals surface area contributed by atoms with E-state index < -0.39 is 5.91 Å². The number of amides is 1. The van der Waals surface area contributed by atoms with Crippen molar-refractivity contribution in [2.75, 3.05) is 11.9 Å². The predicted octanol–water partition coefficient (Wildman–Crippen LogP) is 3.60. The van der Waals surface area contributed by atoms with Crippen LogP contribution < -0.4 is 15.6 Å². The molecule has 3 rings (SSSR count). The number of nitrogens with one attached hydrogen (secondary N) is 1. The zero-order valence-corrected chi connectivity index (χ0v) is 15.9. The lowest BCUT2D eigenvalue weighted by Gasteiger charge is -2.11. The Kier molecular flexibility index (Phi) is 5.30. The fourth-order valence-electron chi connectivity index (χ4n) is 2.97. The summed E-state index contributed by atoms with van der Waals surface area (Å²) in [6.07, 6.45) is 1.46. The van der Waals surface area contributed by atoms with Gasteiger partial charge < -0.3 is 14.5 Å². The number of carbonyl (C=O) groups is 1. The van der Waals surface area contributed by atoms with Crippen LogP contribution in [0.5, 0.6) is 5.75 Å². The molecule has 0 aliphatic heterocycles. The lowest BCUT2D eigenvalue weighted by atomic mass is 10.1. The van der Waals surface area contributed by atoms with Crippen LogP contribution >= 0.6 is 0 Å². The number of furan rings is 1. The van der Waals surface area contributed by atoms with Crippen molar-refractivity contribution in [3.8, 4) is 5.75 Å². The first-order chi connectivity index (χ1) is 12.9. The maximum atomic E-state index is 12.9.